The maximum Gasteiger partial charge on any atom is 0.330 e. The van der Waals surface area contributed by atoms with E-state index in [0.717, 1.165) is 27.3 Å². The molecule has 0 spiro atoms. The molecule has 4 aromatic rings. The molecule has 1 N–H and O–H groups in total. The van der Waals surface area contributed by atoms with E-state index in [1.807, 2.05) is 111 Å². The van der Waals surface area contributed by atoms with Crippen molar-refractivity contribution < 1.29 is 32.4 Å². The maximum atomic E-state index is 17.8. The van der Waals surface area contributed by atoms with Crippen LogP contribution in [-0.4, -0.2) is 70.6 Å². The normalized spacial score (nSPS) is 25.9. The molecule has 0 radical (unpaired) electrons. The molecule has 12 nitrogen and oxygen atoms in total. The summed E-state index contributed by atoms with van der Waals surface area (Å²) in [5.74, 6) is 1.12. The largest absolute Gasteiger partial charge is 0.497 e. The van der Waals surface area contributed by atoms with Crippen LogP contribution in [0.4, 0.5) is 4.39 Å². The Kier molecular flexibility index (Phi) is 11.3. The van der Waals surface area contributed by atoms with Gasteiger partial charge in [0.2, 0.25) is 0 Å². The van der Waals surface area contributed by atoms with Gasteiger partial charge in [-0.1, -0.05) is 54.6 Å². The summed E-state index contributed by atoms with van der Waals surface area (Å²) < 4.78 is 59.9. The first-order valence-electron chi connectivity index (χ1n) is 18.9. The average molecular weight is 787 g/mol. The number of ether oxygens (including phenoxy) is 4. The highest BCUT2D eigenvalue weighted by Gasteiger charge is 2.82. The standard InChI is InChI=1S/C42H48FN4O8P/c1-27(2)47(28(3)4)56(52-24-10-22-44)55-41-26-32-25-40(32,38(41)53-37(36(41)43)46-23-21-35(48)45-39(46)49)54-42(29-11-8-7-9-12-29,30-13-17-33(50-5)18-14-30)31-15-19-34(51-6)20-16-31/h7-9,11-21,23,27-28,32,36-38H,10,24-26H2,1-6H3,(H,45,48,49)/t32-,36-,37+,38+,40+,41-,56?/m0/s1. The molecule has 1 aliphatic heterocycles. The number of nitrogens with one attached hydrogen (secondary N) is 1. The summed E-state index contributed by atoms with van der Waals surface area (Å²) >= 11 is 0. The number of hydrogen-bond acceptors (Lipinski definition) is 10. The number of benzene rings is 3. The Labute approximate surface area is 327 Å². The van der Waals surface area contributed by atoms with E-state index in [1.54, 1.807) is 14.2 Å². The smallest absolute Gasteiger partial charge is 0.330 e. The van der Waals surface area contributed by atoms with Gasteiger partial charge in [-0.15, -0.1) is 0 Å². The van der Waals surface area contributed by atoms with Crippen molar-refractivity contribution in [1.29, 1.82) is 5.26 Å². The summed E-state index contributed by atoms with van der Waals surface area (Å²) in [6, 6.07) is 28.4. The highest BCUT2D eigenvalue weighted by molar-refractivity contribution is 7.44. The van der Waals surface area contributed by atoms with E-state index in [0.29, 0.717) is 17.9 Å². The van der Waals surface area contributed by atoms with Crippen LogP contribution >= 0.6 is 8.53 Å². The molecule has 0 bridgehead atoms. The van der Waals surface area contributed by atoms with Crippen molar-refractivity contribution in [2.45, 2.75) is 94.3 Å². The molecule has 296 valence electrons. The molecule has 3 aromatic carbocycles. The Balaban J connectivity index is 1.41. The van der Waals surface area contributed by atoms with Gasteiger partial charge in [0.25, 0.3) is 14.1 Å². The topological polar surface area (TPSA) is 137 Å². The highest BCUT2D eigenvalue weighted by atomic mass is 31.2. The molecular weight excluding hydrogens is 738 g/mol. The molecule has 2 heterocycles. The number of aromatic amines is 1. The molecular formula is C42H48FN4O8P. The summed E-state index contributed by atoms with van der Waals surface area (Å²) in [6.45, 7) is 8.12. The molecule has 56 heavy (non-hydrogen) atoms. The quantitative estimate of drug-likeness (QED) is 0.0719. The fourth-order valence-corrected chi connectivity index (χ4v) is 10.4. The van der Waals surface area contributed by atoms with Gasteiger partial charge in [-0.3, -0.25) is 14.3 Å². The molecule has 7 rings (SSSR count). The van der Waals surface area contributed by atoms with Gasteiger partial charge in [-0.2, -0.15) is 5.26 Å². The number of nitriles is 1. The molecule has 2 aliphatic carbocycles. The molecule has 1 aromatic heterocycles. The third kappa shape index (κ3) is 6.87. The number of hydrogen-bond donors (Lipinski definition) is 1. The third-order valence-corrected chi connectivity index (χ3v) is 13.3. The van der Waals surface area contributed by atoms with Gasteiger partial charge in [0.1, 0.15) is 34.4 Å². The number of rotatable bonds is 16. The van der Waals surface area contributed by atoms with Crippen LogP contribution in [-0.2, 0) is 24.1 Å². The number of fused-ring (bicyclic) bond motifs is 3. The van der Waals surface area contributed by atoms with Crippen LogP contribution < -0.4 is 20.7 Å². The Hall–Kier alpha value is -4.41. The van der Waals surface area contributed by atoms with E-state index < -0.39 is 55.1 Å². The second kappa shape index (κ2) is 15.9. The van der Waals surface area contributed by atoms with Gasteiger partial charge in [0.15, 0.2) is 12.4 Å². The Morgan fingerprint density at radius 3 is 2.02 bits per heavy atom. The van der Waals surface area contributed by atoms with E-state index in [1.165, 1.54) is 6.20 Å². The summed E-state index contributed by atoms with van der Waals surface area (Å²) in [5.41, 5.74) is -3.03. The minimum absolute atomic E-state index is 0.0620. The van der Waals surface area contributed by atoms with Crippen LogP contribution in [0.3, 0.4) is 0 Å². The first-order valence-corrected chi connectivity index (χ1v) is 20.0. The van der Waals surface area contributed by atoms with Gasteiger partial charge < -0.3 is 28.0 Å². The molecule has 0 amide bonds. The van der Waals surface area contributed by atoms with Crippen LogP contribution in [0.25, 0.3) is 0 Å². The molecule has 7 atom stereocenters. The van der Waals surface area contributed by atoms with E-state index >= 15 is 4.39 Å². The number of alkyl halides is 1. The van der Waals surface area contributed by atoms with E-state index in [4.69, 9.17) is 28.0 Å². The van der Waals surface area contributed by atoms with E-state index in [9.17, 15) is 14.9 Å². The zero-order valence-corrected chi connectivity index (χ0v) is 33.3. The lowest BCUT2D eigenvalue weighted by Crippen LogP contribution is -2.53. The Bertz CT molecular complexity index is 2090. The lowest BCUT2D eigenvalue weighted by Gasteiger charge is -2.44. The molecule has 1 saturated heterocycles. The van der Waals surface area contributed by atoms with Gasteiger partial charge in [0, 0.05) is 24.3 Å². The van der Waals surface area contributed by atoms with Crippen LogP contribution in [0, 0.1) is 17.2 Å². The zero-order valence-electron chi connectivity index (χ0n) is 32.4. The lowest BCUT2D eigenvalue weighted by molar-refractivity contribution is -0.162. The number of nitrogens with zero attached hydrogens (tertiary/aromatic N) is 3. The minimum atomic E-state index is -1.96. The summed E-state index contributed by atoms with van der Waals surface area (Å²) in [5, 5.41) is 9.40. The number of H-pyrrole nitrogens is 1. The van der Waals surface area contributed by atoms with Gasteiger partial charge in [-0.05, 0) is 87.4 Å². The van der Waals surface area contributed by atoms with Crippen molar-refractivity contribution >= 4 is 8.53 Å². The van der Waals surface area contributed by atoms with E-state index in [2.05, 4.69) is 11.1 Å². The highest BCUT2D eigenvalue weighted by Crippen LogP contribution is 2.73. The SMILES string of the molecule is COc1ccc(C(O[C@]23C[C@H]2C[C@@]2(OP(OCCC#N)N(C(C)C)C(C)C)[C@@H]3O[C@@H](n3ccc(=O)[nH]c3=O)[C@@H]2F)(c2ccccc2)c2ccc(OC)cc2)cc1. The number of aromatic nitrogens is 2. The van der Waals surface area contributed by atoms with Crippen LogP contribution in [0.2, 0.25) is 0 Å². The van der Waals surface area contributed by atoms with E-state index in [-0.39, 0.29) is 37.5 Å². The molecule has 1 unspecified atom stereocenters. The first-order chi connectivity index (χ1) is 26.9. The lowest BCUT2D eigenvalue weighted by atomic mass is 9.79. The van der Waals surface area contributed by atoms with Crippen LogP contribution in [0.1, 0.15) is 69.9 Å². The fourth-order valence-electron chi connectivity index (χ4n) is 8.60. The average Bonchev–Trinajstić information content (AvgIpc) is 3.70. The van der Waals surface area contributed by atoms with Gasteiger partial charge in [-0.25, -0.2) is 13.9 Å². The second-order valence-electron chi connectivity index (χ2n) is 15.1. The first kappa shape index (κ1) is 39.8. The summed E-state index contributed by atoms with van der Waals surface area (Å²) in [6.07, 6.45) is -2.29. The second-order valence-corrected chi connectivity index (χ2v) is 16.5. The maximum absolute atomic E-state index is 17.8. The summed E-state index contributed by atoms with van der Waals surface area (Å²) in [7, 11) is 1.26. The van der Waals surface area contributed by atoms with Crippen molar-refractivity contribution in [3.05, 3.63) is 129 Å². The van der Waals surface area contributed by atoms with Crippen molar-refractivity contribution in [1.82, 2.24) is 14.2 Å². The Morgan fingerprint density at radius 2 is 1.48 bits per heavy atom. The van der Waals surface area contributed by atoms with Crippen molar-refractivity contribution in [2.75, 3.05) is 20.8 Å². The molecule has 2 saturated carbocycles. The molecule has 3 aliphatic rings. The van der Waals surface area contributed by atoms with Gasteiger partial charge in [0.05, 0.1) is 33.3 Å². The predicted octanol–water partition coefficient (Wildman–Crippen LogP) is 6.99. The van der Waals surface area contributed by atoms with Crippen molar-refractivity contribution in [3.63, 3.8) is 0 Å². The number of methoxy groups -OCH3 is 2. The fraction of sp³-hybridized carbons (Fsp3) is 0.452. The third-order valence-electron chi connectivity index (χ3n) is 11.1. The van der Waals surface area contributed by atoms with Crippen LogP contribution in [0.15, 0.2) is 101 Å². The monoisotopic (exact) mass is 786 g/mol. The van der Waals surface area contributed by atoms with Crippen LogP contribution in [0.5, 0.6) is 11.5 Å². The van der Waals surface area contributed by atoms with Crippen molar-refractivity contribution in [3.8, 4) is 17.6 Å². The van der Waals surface area contributed by atoms with Crippen molar-refractivity contribution in [2.24, 2.45) is 5.92 Å². The summed E-state index contributed by atoms with van der Waals surface area (Å²) in [4.78, 5) is 27.6. The molecule has 14 heteroatoms. The van der Waals surface area contributed by atoms with Gasteiger partial charge >= 0.3 is 5.69 Å². The Morgan fingerprint density at radius 1 is 0.911 bits per heavy atom. The predicted molar refractivity (Wildman–Crippen MR) is 208 cm³/mol. The number of halogens is 1. The zero-order chi connectivity index (χ0) is 39.8. The molecule has 3 fully saturated rings. The minimum Gasteiger partial charge on any atom is -0.497 e.